The number of hydrogen-bond donors (Lipinski definition) is 1. The molecule has 6 heteroatoms. The maximum absolute atomic E-state index is 13.6. The molecule has 1 aromatic carbocycles. The highest BCUT2D eigenvalue weighted by molar-refractivity contribution is 5.99. The Morgan fingerprint density at radius 2 is 2.10 bits per heavy atom. The maximum Gasteiger partial charge on any atom is 0.249 e. The molecule has 29 heavy (non-hydrogen) atoms. The van der Waals surface area contributed by atoms with E-state index in [4.69, 9.17) is 0 Å². The van der Waals surface area contributed by atoms with E-state index in [2.05, 4.69) is 16.4 Å². The molecule has 0 spiro atoms. The Morgan fingerprint density at radius 3 is 2.72 bits per heavy atom. The number of carbonyl (C=O) groups excluding carboxylic acids is 1. The van der Waals surface area contributed by atoms with Gasteiger partial charge in [-0.3, -0.25) is 4.79 Å². The van der Waals surface area contributed by atoms with Crippen molar-refractivity contribution in [3.8, 4) is 6.07 Å². The zero-order valence-corrected chi connectivity index (χ0v) is 17.9. The highest BCUT2D eigenvalue weighted by Crippen LogP contribution is 2.31. The molecule has 0 radical (unpaired) electrons. The van der Waals surface area contributed by atoms with Crippen LogP contribution < -0.4 is 15.1 Å². The third-order valence-corrected chi connectivity index (χ3v) is 5.60. The number of rotatable bonds is 5. The average molecular weight is 392 g/mol. The number of nitriles is 1. The summed E-state index contributed by atoms with van der Waals surface area (Å²) in [4.78, 5) is 22.2. The Kier molecular flexibility index (Phi) is 6.19. The normalized spacial score (nSPS) is 18.6. The second-order valence-corrected chi connectivity index (χ2v) is 7.70. The van der Waals surface area contributed by atoms with Crippen LogP contribution in [-0.4, -0.2) is 43.1 Å². The van der Waals surface area contributed by atoms with Crippen molar-refractivity contribution < 1.29 is 4.79 Å². The van der Waals surface area contributed by atoms with Crippen LogP contribution >= 0.6 is 0 Å². The molecule has 0 aliphatic carbocycles. The van der Waals surface area contributed by atoms with Gasteiger partial charge in [-0.15, -0.1) is 0 Å². The summed E-state index contributed by atoms with van der Waals surface area (Å²) in [7, 11) is 1.91. The second kappa shape index (κ2) is 8.62. The number of anilines is 2. The third-order valence-electron chi connectivity index (χ3n) is 5.60. The Bertz CT molecular complexity index is 949. The van der Waals surface area contributed by atoms with Gasteiger partial charge >= 0.3 is 0 Å². The van der Waals surface area contributed by atoms with Crippen LogP contribution in [0.15, 0.2) is 30.3 Å². The van der Waals surface area contributed by atoms with Gasteiger partial charge in [-0.1, -0.05) is 12.1 Å². The van der Waals surface area contributed by atoms with E-state index < -0.39 is 0 Å². The smallest absolute Gasteiger partial charge is 0.249 e. The lowest BCUT2D eigenvalue weighted by Gasteiger charge is -2.31. The minimum absolute atomic E-state index is 0.0423. The van der Waals surface area contributed by atoms with Crippen molar-refractivity contribution in [1.82, 2.24) is 10.3 Å². The van der Waals surface area contributed by atoms with E-state index >= 15 is 0 Å². The van der Waals surface area contributed by atoms with E-state index in [0.29, 0.717) is 30.9 Å². The Morgan fingerprint density at radius 1 is 1.34 bits per heavy atom. The molecule has 6 nitrogen and oxygen atoms in total. The molecular formula is C23H29N5O. The highest BCUT2D eigenvalue weighted by Gasteiger charge is 2.40. The van der Waals surface area contributed by atoms with E-state index in [0.717, 1.165) is 22.5 Å². The zero-order valence-electron chi connectivity index (χ0n) is 17.9. The van der Waals surface area contributed by atoms with E-state index in [1.165, 1.54) is 0 Å². The van der Waals surface area contributed by atoms with E-state index in [9.17, 15) is 10.1 Å². The van der Waals surface area contributed by atoms with Crippen LogP contribution in [-0.2, 0) is 4.79 Å². The van der Waals surface area contributed by atoms with Crippen LogP contribution in [0.2, 0.25) is 0 Å². The summed E-state index contributed by atoms with van der Waals surface area (Å²) in [6, 6.07) is 12.0. The summed E-state index contributed by atoms with van der Waals surface area (Å²) < 4.78 is 0. The number of pyridine rings is 1. The van der Waals surface area contributed by atoms with Crippen LogP contribution in [0.1, 0.15) is 35.7 Å². The summed E-state index contributed by atoms with van der Waals surface area (Å²) in [5, 5.41) is 13.0. The minimum Gasteiger partial charge on any atom is -0.342 e. The number of aromatic nitrogens is 1. The fraction of sp³-hybridized carbons (Fsp3) is 0.435. The Labute approximate surface area is 173 Å². The topological polar surface area (TPSA) is 72.3 Å². The number of nitrogens with zero attached hydrogens (tertiary/aromatic N) is 4. The van der Waals surface area contributed by atoms with Crippen LogP contribution in [0.4, 0.5) is 11.5 Å². The lowest BCUT2D eigenvalue weighted by molar-refractivity contribution is -0.119. The number of carbonyl (C=O) groups is 1. The van der Waals surface area contributed by atoms with Gasteiger partial charge in [0, 0.05) is 30.5 Å². The van der Waals surface area contributed by atoms with E-state index in [-0.39, 0.29) is 18.0 Å². The molecule has 3 rings (SSSR count). The van der Waals surface area contributed by atoms with Gasteiger partial charge < -0.3 is 15.1 Å². The van der Waals surface area contributed by atoms with Gasteiger partial charge in [0.25, 0.3) is 0 Å². The van der Waals surface area contributed by atoms with Gasteiger partial charge in [0.2, 0.25) is 5.91 Å². The highest BCUT2D eigenvalue weighted by atomic mass is 16.2. The molecule has 0 bridgehead atoms. The van der Waals surface area contributed by atoms with E-state index in [1.807, 2.05) is 74.9 Å². The molecule has 2 heterocycles. The number of benzene rings is 1. The lowest BCUT2D eigenvalue weighted by atomic mass is 10.1. The molecule has 152 valence electrons. The molecule has 1 N–H and O–H groups in total. The molecule has 2 aromatic rings. The summed E-state index contributed by atoms with van der Waals surface area (Å²) in [5.41, 5.74) is 4.30. The molecule has 1 amide bonds. The molecule has 1 aliphatic heterocycles. The predicted molar refractivity (Wildman–Crippen MR) is 116 cm³/mol. The fourth-order valence-corrected chi connectivity index (χ4v) is 4.12. The number of amides is 1. The number of hydrogen-bond acceptors (Lipinski definition) is 5. The van der Waals surface area contributed by atoms with Crippen molar-refractivity contribution in [1.29, 1.82) is 5.26 Å². The van der Waals surface area contributed by atoms with Gasteiger partial charge in [0.15, 0.2) is 0 Å². The average Bonchev–Trinajstić information content (AvgIpc) is 3.12. The molecule has 1 saturated heterocycles. The van der Waals surface area contributed by atoms with Crippen molar-refractivity contribution in [2.24, 2.45) is 0 Å². The molecule has 1 aromatic heterocycles. The monoisotopic (exact) mass is 391 g/mol. The summed E-state index contributed by atoms with van der Waals surface area (Å²) in [5.74, 6) is 0.655. The molecule has 1 aliphatic rings. The fourth-order valence-electron chi connectivity index (χ4n) is 4.12. The summed E-state index contributed by atoms with van der Waals surface area (Å²) in [6.45, 7) is 9.09. The first-order chi connectivity index (χ1) is 13.9. The molecule has 1 fully saturated rings. The molecular weight excluding hydrogens is 362 g/mol. The third kappa shape index (κ3) is 4.10. The van der Waals surface area contributed by atoms with Crippen molar-refractivity contribution in [2.45, 2.75) is 46.2 Å². The number of nitrogens with one attached hydrogen (secondary N) is 1. The van der Waals surface area contributed by atoms with Crippen LogP contribution in [0.25, 0.3) is 0 Å². The Balaban J connectivity index is 2.02. The standard InChI is InChI=1S/C23H29N5O/c1-6-27(19-9-7-8-15(2)10-19)23(29)21-12-18(25-5)14-28(21)22-20(13-24)16(3)11-17(4)26-22/h7-11,18,21,25H,6,12,14H2,1-5H3/t18-,21-/m1/s1. The van der Waals surface area contributed by atoms with Crippen molar-refractivity contribution in [3.05, 3.63) is 52.7 Å². The van der Waals surface area contributed by atoms with Gasteiger partial charge in [-0.25, -0.2) is 4.98 Å². The zero-order chi connectivity index (χ0) is 21.1. The van der Waals surface area contributed by atoms with Crippen LogP contribution in [0, 0.1) is 32.1 Å². The molecule has 0 unspecified atom stereocenters. The molecule has 2 atom stereocenters. The largest absolute Gasteiger partial charge is 0.342 e. The quantitative estimate of drug-likeness (QED) is 0.848. The van der Waals surface area contributed by atoms with Gasteiger partial charge in [0.05, 0.1) is 5.56 Å². The molecule has 0 saturated carbocycles. The summed E-state index contributed by atoms with van der Waals surface area (Å²) >= 11 is 0. The number of aryl methyl sites for hydroxylation is 3. The SMILES string of the molecule is CCN(C(=O)[C@H]1C[C@@H](NC)CN1c1nc(C)cc(C)c1C#N)c1cccc(C)c1. The van der Waals surface area contributed by atoms with Crippen LogP contribution in [0.3, 0.4) is 0 Å². The van der Waals surface area contributed by atoms with Crippen molar-refractivity contribution in [2.75, 3.05) is 29.9 Å². The first kappa shape index (κ1) is 20.8. The van der Waals surface area contributed by atoms with Crippen LogP contribution in [0.5, 0.6) is 0 Å². The predicted octanol–water partition coefficient (Wildman–Crippen LogP) is 3.10. The van der Waals surface area contributed by atoms with Gasteiger partial charge in [0.1, 0.15) is 17.9 Å². The first-order valence-electron chi connectivity index (χ1n) is 10.1. The maximum atomic E-state index is 13.6. The van der Waals surface area contributed by atoms with Crippen molar-refractivity contribution >= 4 is 17.4 Å². The van der Waals surface area contributed by atoms with Gasteiger partial charge in [-0.2, -0.15) is 5.26 Å². The lowest BCUT2D eigenvalue weighted by Crippen LogP contribution is -2.46. The first-order valence-corrected chi connectivity index (χ1v) is 10.1. The van der Waals surface area contributed by atoms with Gasteiger partial charge in [-0.05, 0) is 70.5 Å². The number of likely N-dealkylation sites (N-methyl/N-ethyl adjacent to an activating group) is 2. The Hall–Kier alpha value is -2.91. The summed E-state index contributed by atoms with van der Waals surface area (Å²) in [6.07, 6.45) is 0.678. The minimum atomic E-state index is -0.367. The van der Waals surface area contributed by atoms with Crippen molar-refractivity contribution in [3.63, 3.8) is 0 Å². The van der Waals surface area contributed by atoms with E-state index in [1.54, 1.807) is 0 Å². The second-order valence-electron chi connectivity index (χ2n) is 7.70.